The molecule has 25 heavy (non-hydrogen) atoms. The molecular formula is C18H31O6P. The molecule has 0 spiro atoms. The minimum atomic E-state index is -2.54. The van der Waals surface area contributed by atoms with Crippen LogP contribution in [0.15, 0.2) is 12.1 Å². The van der Waals surface area contributed by atoms with Crippen molar-refractivity contribution >= 4 is 8.60 Å². The van der Waals surface area contributed by atoms with Crippen molar-refractivity contribution in [1.82, 2.24) is 0 Å². The van der Waals surface area contributed by atoms with Gasteiger partial charge in [-0.05, 0) is 31.4 Å². The second kappa shape index (κ2) is 13.0. The predicted molar refractivity (Wildman–Crippen MR) is 99.6 cm³/mol. The SMILES string of the molecule is CCCCOc1ccc(OP(O)O)c(OCCCC)c1OCCCC. The van der Waals surface area contributed by atoms with Gasteiger partial charge in [-0.15, -0.1) is 0 Å². The average Bonchev–Trinajstić information content (AvgIpc) is 2.58. The standard InChI is InChI=1S/C18H31O6P/c1-4-7-12-21-15-10-11-16(24-25(19)20)18(23-14-9-6-3)17(15)22-13-8-5-2/h10-11,19-20H,4-9,12-14H2,1-3H3. The smallest absolute Gasteiger partial charge is 0.391 e. The first kappa shape index (κ1) is 21.8. The van der Waals surface area contributed by atoms with E-state index in [1.165, 1.54) is 0 Å². The second-order valence-electron chi connectivity index (χ2n) is 5.67. The number of hydrogen-bond acceptors (Lipinski definition) is 6. The Morgan fingerprint density at radius 3 is 1.64 bits per heavy atom. The van der Waals surface area contributed by atoms with Gasteiger partial charge in [-0.3, -0.25) is 0 Å². The van der Waals surface area contributed by atoms with Crippen molar-refractivity contribution < 1.29 is 28.5 Å². The first-order valence-corrected chi connectivity index (χ1v) is 10.2. The summed E-state index contributed by atoms with van der Waals surface area (Å²) in [5.74, 6) is 1.68. The lowest BCUT2D eigenvalue weighted by atomic mass is 10.2. The van der Waals surface area contributed by atoms with E-state index in [4.69, 9.17) is 18.7 Å². The fourth-order valence-corrected chi connectivity index (χ4v) is 2.36. The van der Waals surface area contributed by atoms with Crippen LogP contribution in [0.1, 0.15) is 59.3 Å². The number of hydrogen-bond donors (Lipinski definition) is 2. The van der Waals surface area contributed by atoms with E-state index in [-0.39, 0.29) is 5.75 Å². The van der Waals surface area contributed by atoms with Crippen LogP contribution in [0.4, 0.5) is 0 Å². The molecule has 6 nitrogen and oxygen atoms in total. The highest BCUT2D eigenvalue weighted by Crippen LogP contribution is 2.47. The van der Waals surface area contributed by atoms with E-state index in [1.807, 2.05) is 0 Å². The van der Waals surface area contributed by atoms with Crippen LogP contribution in [-0.4, -0.2) is 29.6 Å². The number of unbranched alkanes of at least 4 members (excludes halogenated alkanes) is 3. The lowest BCUT2D eigenvalue weighted by Crippen LogP contribution is -2.07. The highest BCUT2D eigenvalue weighted by molar-refractivity contribution is 7.39. The number of ether oxygens (including phenoxy) is 3. The molecule has 1 aromatic carbocycles. The van der Waals surface area contributed by atoms with E-state index in [0.29, 0.717) is 37.1 Å². The number of benzene rings is 1. The fourth-order valence-electron chi connectivity index (χ4n) is 2.04. The molecule has 0 heterocycles. The van der Waals surface area contributed by atoms with Crippen molar-refractivity contribution in [2.45, 2.75) is 59.3 Å². The fraction of sp³-hybridized carbons (Fsp3) is 0.667. The summed E-state index contributed by atoms with van der Waals surface area (Å²) in [4.78, 5) is 18.4. The van der Waals surface area contributed by atoms with Crippen molar-refractivity contribution in [1.29, 1.82) is 0 Å². The Hall–Kier alpha value is -1.23. The molecule has 0 amide bonds. The topological polar surface area (TPSA) is 77.4 Å². The molecule has 0 saturated carbocycles. The highest BCUT2D eigenvalue weighted by atomic mass is 31.2. The lowest BCUT2D eigenvalue weighted by molar-refractivity contribution is 0.232. The van der Waals surface area contributed by atoms with Crippen molar-refractivity contribution in [2.24, 2.45) is 0 Å². The van der Waals surface area contributed by atoms with E-state index in [0.717, 1.165) is 38.5 Å². The molecule has 0 aliphatic carbocycles. The average molecular weight is 374 g/mol. The third-order valence-corrected chi connectivity index (χ3v) is 3.82. The molecule has 0 radical (unpaired) electrons. The molecular weight excluding hydrogens is 343 g/mol. The predicted octanol–water partition coefficient (Wildman–Crippen LogP) is 4.81. The minimum absolute atomic E-state index is 0.251. The maximum atomic E-state index is 9.22. The van der Waals surface area contributed by atoms with E-state index in [1.54, 1.807) is 12.1 Å². The van der Waals surface area contributed by atoms with Gasteiger partial charge in [0.25, 0.3) is 0 Å². The molecule has 1 aromatic rings. The Balaban J connectivity index is 3.10. The van der Waals surface area contributed by atoms with Gasteiger partial charge in [0.05, 0.1) is 19.8 Å². The van der Waals surface area contributed by atoms with Gasteiger partial charge in [0.1, 0.15) is 0 Å². The molecule has 0 fully saturated rings. The first-order chi connectivity index (χ1) is 12.1. The van der Waals surface area contributed by atoms with Gasteiger partial charge < -0.3 is 28.5 Å². The molecule has 1 rings (SSSR count). The van der Waals surface area contributed by atoms with Gasteiger partial charge in [-0.2, -0.15) is 0 Å². The Bertz CT molecular complexity index is 481. The summed E-state index contributed by atoms with van der Waals surface area (Å²) in [6.07, 6.45) is 5.75. The van der Waals surface area contributed by atoms with Crippen LogP contribution in [-0.2, 0) is 0 Å². The molecule has 2 N–H and O–H groups in total. The van der Waals surface area contributed by atoms with Gasteiger partial charge in [0, 0.05) is 0 Å². The van der Waals surface area contributed by atoms with Crippen LogP contribution in [0, 0.1) is 0 Å². The van der Waals surface area contributed by atoms with E-state index in [9.17, 15) is 9.79 Å². The molecule has 0 saturated heterocycles. The maximum absolute atomic E-state index is 9.22. The summed E-state index contributed by atoms with van der Waals surface area (Å²) >= 11 is 0. The van der Waals surface area contributed by atoms with Crippen molar-refractivity contribution in [3.8, 4) is 23.0 Å². The zero-order chi connectivity index (χ0) is 18.5. The summed E-state index contributed by atoms with van der Waals surface area (Å²) in [6.45, 7) is 7.87. The lowest BCUT2D eigenvalue weighted by Gasteiger charge is -2.20. The summed E-state index contributed by atoms with van der Waals surface area (Å²) in [6, 6.07) is 3.34. The zero-order valence-corrected chi connectivity index (χ0v) is 16.4. The minimum Gasteiger partial charge on any atom is -0.490 e. The molecule has 0 atom stereocenters. The zero-order valence-electron chi connectivity index (χ0n) is 15.5. The molecule has 0 aliphatic rings. The Morgan fingerprint density at radius 1 is 0.720 bits per heavy atom. The molecule has 0 aliphatic heterocycles. The largest absolute Gasteiger partial charge is 0.490 e. The van der Waals surface area contributed by atoms with Crippen molar-refractivity contribution in [3.05, 3.63) is 12.1 Å². The molecule has 0 bridgehead atoms. The summed E-state index contributed by atoms with van der Waals surface area (Å²) < 4.78 is 22.7. The maximum Gasteiger partial charge on any atom is 0.391 e. The Kier molecular flexibility index (Phi) is 11.4. The Morgan fingerprint density at radius 2 is 1.16 bits per heavy atom. The molecule has 144 valence electrons. The van der Waals surface area contributed by atoms with Gasteiger partial charge in [-0.25, -0.2) is 0 Å². The summed E-state index contributed by atoms with van der Waals surface area (Å²) in [7, 11) is -2.54. The van der Waals surface area contributed by atoms with Crippen LogP contribution < -0.4 is 18.7 Å². The number of rotatable bonds is 14. The van der Waals surface area contributed by atoms with Gasteiger partial charge >= 0.3 is 8.60 Å². The van der Waals surface area contributed by atoms with Crippen LogP contribution in [0.25, 0.3) is 0 Å². The van der Waals surface area contributed by atoms with E-state index < -0.39 is 8.60 Å². The van der Waals surface area contributed by atoms with Crippen molar-refractivity contribution in [3.63, 3.8) is 0 Å². The van der Waals surface area contributed by atoms with Crippen LogP contribution in [0.3, 0.4) is 0 Å². The first-order valence-electron chi connectivity index (χ1n) is 9.05. The highest BCUT2D eigenvalue weighted by Gasteiger charge is 2.21. The normalized spacial score (nSPS) is 10.8. The quantitative estimate of drug-likeness (QED) is 0.359. The second-order valence-corrected chi connectivity index (χ2v) is 6.36. The van der Waals surface area contributed by atoms with Crippen LogP contribution >= 0.6 is 8.60 Å². The Labute approximate surface area is 152 Å². The molecule has 0 aromatic heterocycles. The van der Waals surface area contributed by atoms with Crippen molar-refractivity contribution in [2.75, 3.05) is 19.8 Å². The summed E-state index contributed by atoms with van der Waals surface area (Å²) in [5, 5.41) is 0. The third-order valence-electron chi connectivity index (χ3n) is 3.46. The van der Waals surface area contributed by atoms with Gasteiger partial charge in [0.15, 0.2) is 11.5 Å². The van der Waals surface area contributed by atoms with E-state index >= 15 is 0 Å². The van der Waals surface area contributed by atoms with Gasteiger partial charge in [0.2, 0.25) is 11.5 Å². The van der Waals surface area contributed by atoms with Crippen LogP contribution in [0.5, 0.6) is 23.0 Å². The third kappa shape index (κ3) is 8.13. The molecule has 7 heteroatoms. The van der Waals surface area contributed by atoms with E-state index in [2.05, 4.69) is 20.8 Å². The summed E-state index contributed by atoms with van der Waals surface area (Å²) in [5.41, 5.74) is 0. The van der Waals surface area contributed by atoms with Crippen LogP contribution in [0.2, 0.25) is 0 Å². The monoisotopic (exact) mass is 374 g/mol. The van der Waals surface area contributed by atoms with Gasteiger partial charge in [-0.1, -0.05) is 40.0 Å². The molecule has 0 unspecified atom stereocenters.